The molecule has 1 aromatic carbocycles. The van der Waals surface area contributed by atoms with Gasteiger partial charge in [0.05, 0.1) is 13.2 Å². The van der Waals surface area contributed by atoms with Crippen molar-refractivity contribution in [2.75, 3.05) is 51.8 Å². The first-order chi connectivity index (χ1) is 9.79. The Balaban J connectivity index is 1.51. The molecule has 3 rings (SSSR count). The van der Waals surface area contributed by atoms with Crippen LogP contribution in [0.3, 0.4) is 0 Å². The Bertz CT molecular complexity index is 388. The summed E-state index contributed by atoms with van der Waals surface area (Å²) in [5, 5.41) is 3.63. The van der Waals surface area contributed by atoms with Crippen molar-refractivity contribution in [1.82, 2.24) is 9.80 Å². The highest BCUT2D eigenvalue weighted by atomic mass is 16.5. The number of nitrogens with one attached hydrogen (secondary N) is 1. The van der Waals surface area contributed by atoms with Gasteiger partial charge in [-0.05, 0) is 37.7 Å². The van der Waals surface area contributed by atoms with E-state index in [-0.39, 0.29) is 0 Å². The average Bonchev–Trinajstić information content (AvgIpc) is 2.88. The van der Waals surface area contributed by atoms with Crippen molar-refractivity contribution in [2.24, 2.45) is 0 Å². The molecule has 1 unspecified atom stereocenters. The molecule has 2 heterocycles. The quantitative estimate of drug-likeness (QED) is 0.904. The van der Waals surface area contributed by atoms with Crippen LogP contribution < -0.4 is 5.32 Å². The Kier molecular flexibility index (Phi) is 4.55. The van der Waals surface area contributed by atoms with E-state index < -0.39 is 0 Å². The molecule has 2 aliphatic heterocycles. The van der Waals surface area contributed by atoms with Gasteiger partial charge in [0.25, 0.3) is 0 Å². The summed E-state index contributed by atoms with van der Waals surface area (Å²) in [5.74, 6) is 0. The van der Waals surface area contributed by atoms with Gasteiger partial charge < -0.3 is 15.0 Å². The van der Waals surface area contributed by atoms with Gasteiger partial charge >= 0.3 is 0 Å². The molecule has 1 N–H and O–H groups in total. The number of hydrogen-bond donors (Lipinski definition) is 1. The number of ether oxygens (including phenoxy) is 1. The van der Waals surface area contributed by atoms with Gasteiger partial charge in [0.2, 0.25) is 0 Å². The van der Waals surface area contributed by atoms with E-state index in [9.17, 15) is 0 Å². The third-order valence-corrected chi connectivity index (χ3v) is 4.23. The molecule has 4 heteroatoms. The fourth-order valence-electron chi connectivity index (χ4n) is 3.01. The van der Waals surface area contributed by atoms with E-state index in [1.165, 1.54) is 24.2 Å². The molecule has 110 valence electrons. The standard InChI is InChI=1S/C16H25N3O/c1-18-7-6-16(13-18)17-15-4-2-14(3-5-15)12-19-8-10-20-11-9-19/h2-5,16-17H,6-13H2,1H3. The molecular weight excluding hydrogens is 250 g/mol. The number of anilines is 1. The van der Waals surface area contributed by atoms with Crippen LogP contribution in [0.5, 0.6) is 0 Å². The third kappa shape index (κ3) is 3.72. The van der Waals surface area contributed by atoms with Crippen molar-refractivity contribution in [2.45, 2.75) is 19.0 Å². The van der Waals surface area contributed by atoms with Crippen LogP contribution in [0.1, 0.15) is 12.0 Å². The van der Waals surface area contributed by atoms with Gasteiger partial charge in [-0.2, -0.15) is 0 Å². The van der Waals surface area contributed by atoms with Crippen LogP contribution in [0.2, 0.25) is 0 Å². The Morgan fingerprint density at radius 1 is 1.15 bits per heavy atom. The van der Waals surface area contributed by atoms with Crippen LogP contribution >= 0.6 is 0 Å². The first kappa shape index (κ1) is 13.9. The second-order valence-electron chi connectivity index (χ2n) is 5.98. The van der Waals surface area contributed by atoms with E-state index >= 15 is 0 Å². The van der Waals surface area contributed by atoms with Gasteiger partial charge in [0.1, 0.15) is 0 Å². The first-order valence-electron chi connectivity index (χ1n) is 7.64. The zero-order chi connectivity index (χ0) is 13.8. The van der Waals surface area contributed by atoms with Crippen molar-refractivity contribution in [3.05, 3.63) is 29.8 Å². The van der Waals surface area contributed by atoms with Gasteiger partial charge in [0, 0.05) is 37.9 Å². The maximum atomic E-state index is 5.38. The molecule has 0 aliphatic carbocycles. The lowest BCUT2D eigenvalue weighted by atomic mass is 10.1. The fraction of sp³-hybridized carbons (Fsp3) is 0.625. The Morgan fingerprint density at radius 2 is 1.90 bits per heavy atom. The topological polar surface area (TPSA) is 27.7 Å². The van der Waals surface area contributed by atoms with Gasteiger partial charge in [-0.1, -0.05) is 12.1 Å². The van der Waals surface area contributed by atoms with Crippen LogP contribution in [0.25, 0.3) is 0 Å². The number of nitrogens with zero attached hydrogens (tertiary/aromatic N) is 2. The molecule has 0 aromatic heterocycles. The minimum atomic E-state index is 0.602. The number of likely N-dealkylation sites (tertiary alicyclic amines) is 1. The SMILES string of the molecule is CN1CCC(Nc2ccc(CN3CCOCC3)cc2)C1. The highest BCUT2D eigenvalue weighted by molar-refractivity contribution is 5.45. The van der Waals surface area contributed by atoms with Crippen LogP contribution in [0.15, 0.2) is 24.3 Å². The number of likely N-dealkylation sites (N-methyl/N-ethyl adjacent to an activating group) is 1. The smallest absolute Gasteiger partial charge is 0.0594 e. The molecule has 0 spiro atoms. The lowest BCUT2D eigenvalue weighted by molar-refractivity contribution is 0.0342. The molecule has 0 bridgehead atoms. The van der Waals surface area contributed by atoms with Crippen LogP contribution in [0, 0.1) is 0 Å². The summed E-state index contributed by atoms with van der Waals surface area (Å²) in [7, 11) is 2.19. The number of hydrogen-bond acceptors (Lipinski definition) is 4. The van der Waals surface area contributed by atoms with Crippen molar-refractivity contribution in [3.63, 3.8) is 0 Å². The molecule has 4 nitrogen and oxygen atoms in total. The minimum Gasteiger partial charge on any atom is -0.381 e. The van der Waals surface area contributed by atoms with Crippen molar-refractivity contribution in [1.29, 1.82) is 0 Å². The summed E-state index contributed by atoms with van der Waals surface area (Å²) < 4.78 is 5.38. The summed E-state index contributed by atoms with van der Waals surface area (Å²) in [5.41, 5.74) is 2.64. The van der Waals surface area contributed by atoms with E-state index in [1.54, 1.807) is 0 Å². The largest absolute Gasteiger partial charge is 0.381 e. The van der Waals surface area contributed by atoms with Gasteiger partial charge in [0.15, 0.2) is 0 Å². The summed E-state index contributed by atoms with van der Waals surface area (Å²) in [6.45, 7) is 7.23. The molecule has 2 saturated heterocycles. The lowest BCUT2D eigenvalue weighted by Gasteiger charge is -2.26. The number of morpholine rings is 1. The zero-order valence-corrected chi connectivity index (χ0v) is 12.3. The Labute approximate surface area is 121 Å². The summed E-state index contributed by atoms with van der Waals surface area (Å²) >= 11 is 0. The van der Waals surface area contributed by atoms with Gasteiger partial charge in [-0.3, -0.25) is 4.90 Å². The minimum absolute atomic E-state index is 0.602. The highest BCUT2D eigenvalue weighted by Gasteiger charge is 2.18. The molecule has 2 fully saturated rings. The summed E-state index contributed by atoms with van der Waals surface area (Å²) in [4.78, 5) is 4.84. The molecule has 0 amide bonds. The van der Waals surface area contributed by atoms with E-state index in [0.717, 1.165) is 39.4 Å². The van der Waals surface area contributed by atoms with Crippen molar-refractivity contribution >= 4 is 5.69 Å². The molecule has 0 radical (unpaired) electrons. The Hall–Kier alpha value is -1.10. The molecule has 1 atom stereocenters. The van der Waals surface area contributed by atoms with Crippen LogP contribution in [0.4, 0.5) is 5.69 Å². The predicted molar refractivity (Wildman–Crippen MR) is 82.1 cm³/mol. The lowest BCUT2D eigenvalue weighted by Crippen LogP contribution is -2.35. The first-order valence-corrected chi connectivity index (χ1v) is 7.64. The average molecular weight is 275 g/mol. The monoisotopic (exact) mass is 275 g/mol. The van der Waals surface area contributed by atoms with E-state index in [1.807, 2.05) is 0 Å². The maximum absolute atomic E-state index is 5.38. The molecule has 1 aromatic rings. The van der Waals surface area contributed by atoms with Crippen LogP contribution in [-0.2, 0) is 11.3 Å². The zero-order valence-electron chi connectivity index (χ0n) is 12.3. The normalized spacial score (nSPS) is 24.9. The highest BCUT2D eigenvalue weighted by Crippen LogP contribution is 2.16. The van der Waals surface area contributed by atoms with E-state index in [4.69, 9.17) is 4.74 Å². The van der Waals surface area contributed by atoms with Gasteiger partial charge in [-0.15, -0.1) is 0 Å². The van der Waals surface area contributed by atoms with Crippen LogP contribution in [-0.4, -0.2) is 62.3 Å². The fourth-order valence-corrected chi connectivity index (χ4v) is 3.01. The second kappa shape index (κ2) is 6.57. The van der Waals surface area contributed by atoms with Gasteiger partial charge in [-0.25, -0.2) is 0 Å². The number of rotatable bonds is 4. The van der Waals surface area contributed by atoms with Crippen molar-refractivity contribution in [3.8, 4) is 0 Å². The molecule has 2 aliphatic rings. The summed E-state index contributed by atoms with van der Waals surface area (Å²) in [6.07, 6.45) is 1.24. The molecule has 0 saturated carbocycles. The number of benzene rings is 1. The van der Waals surface area contributed by atoms with E-state index in [0.29, 0.717) is 6.04 Å². The van der Waals surface area contributed by atoms with E-state index in [2.05, 4.69) is 46.4 Å². The maximum Gasteiger partial charge on any atom is 0.0594 e. The molecular formula is C16H25N3O. The predicted octanol–water partition coefficient (Wildman–Crippen LogP) is 1.63. The Morgan fingerprint density at radius 3 is 2.55 bits per heavy atom. The second-order valence-corrected chi connectivity index (χ2v) is 5.98. The third-order valence-electron chi connectivity index (χ3n) is 4.23. The molecule has 20 heavy (non-hydrogen) atoms. The summed E-state index contributed by atoms with van der Waals surface area (Å²) in [6, 6.07) is 9.53. The van der Waals surface area contributed by atoms with Crippen molar-refractivity contribution < 1.29 is 4.74 Å².